The maximum Gasteiger partial charge on any atom is 0.263 e. The van der Waals surface area contributed by atoms with Crippen LogP contribution in [0.3, 0.4) is 0 Å². The van der Waals surface area contributed by atoms with E-state index in [-0.39, 0.29) is 5.91 Å². The smallest absolute Gasteiger partial charge is 0.263 e. The summed E-state index contributed by atoms with van der Waals surface area (Å²) >= 11 is 3.44. The van der Waals surface area contributed by atoms with Gasteiger partial charge in [0.25, 0.3) is 5.91 Å². The van der Waals surface area contributed by atoms with Crippen LogP contribution in [-0.2, 0) is 13.0 Å². The first-order chi connectivity index (χ1) is 10.8. The predicted molar refractivity (Wildman–Crippen MR) is 91.7 cm³/mol. The molecule has 4 rings (SSSR count). The monoisotopic (exact) mass is 332 g/mol. The average Bonchev–Trinajstić information content (AvgIpc) is 3.25. The molecule has 1 saturated heterocycles. The molecule has 116 valence electrons. The molecule has 0 atom stereocenters. The van der Waals surface area contributed by atoms with Gasteiger partial charge in [-0.05, 0) is 47.7 Å². The van der Waals surface area contributed by atoms with Crippen molar-refractivity contribution in [2.24, 2.45) is 0 Å². The lowest BCUT2D eigenvalue weighted by atomic mass is 9.99. The lowest BCUT2D eigenvalue weighted by Crippen LogP contribution is -2.47. The second-order valence-corrected chi connectivity index (χ2v) is 8.04. The standard InChI is InChI=1S/C17H20N2OS2/c20-17(16-2-1-10-21-16)18-7-3-14(4-8-18)19-9-5-15-13(12-19)6-11-22-15/h1-2,6,10-11,14H,3-5,7-9,12H2. The molecule has 2 aromatic rings. The SMILES string of the molecule is O=C(c1cccs1)N1CCC(N2CCc3sccc3C2)CC1. The minimum Gasteiger partial charge on any atom is -0.338 e. The normalized spacial score (nSPS) is 20.1. The van der Waals surface area contributed by atoms with Crippen LogP contribution >= 0.6 is 22.7 Å². The van der Waals surface area contributed by atoms with E-state index in [9.17, 15) is 4.79 Å². The third-order valence-electron chi connectivity index (χ3n) is 4.84. The zero-order valence-corrected chi connectivity index (χ0v) is 14.2. The van der Waals surface area contributed by atoms with Crippen LogP contribution in [0.4, 0.5) is 0 Å². The maximum atomic E-state index is 12.4. The minimum absolute atomic E-state index is 0.215. The molecular formula is C17H20N2OS2. The van der Waals surface area contributed by atoms with Gasteiger partial charge in [0.2, 0.25) is 0 Å². The predicted octanol–water partition coefficient (Wildman–Crippen LogP) is 3.47. The third kappa shape index (κ3) is 2.73. The molecule has 3 nitrogen and oxygen atoms in total. The molecular weight excluding hydrogens is 312 g/mol. The van der Waals surface area contributed by atoms with Crippen molar-refractivity contribution in [1.82, 2.24) is 9.80 Å². The zero-order chi connectivity index (χ0) is 14.9. The van der Waals surface area contributed by atoms with Gasteiger partial charge < -0.3 is 4.90 Å². The van der Waals surface area contributed by atoms with Crippen LogP contribution in [0.5, 0.6) is 0 Å². The first kappa shape index (κ1) is 14.4. The summed E-state index contributed by atoms with van der Waals surface area (Å²) in [6.07, 6.45) is 3.41. The summed E-state index contributed by atoms with van der Waals surface area (Å²) in [6, 6.07) is 6.81. The molecule has 5 heteroatoms. The van der Waals surface area contributed by atoms with Crippen molar-refractivity contribution in [3.63, 3.8) is 0 Å². The van der Waals surface area contributed by atoms with Gasteiger partial charge >= 0.3 is 0 Å². The maximum absolute atomic E-state index is 12.4. The summed E-state index contributed by atoms with van der Waals surface area (Å²) in [6.45, 7) is 4.07. The van der Waals surface area contributed by atoms with Crippen LogP contribution in [-0.4, -0.2) is 41.4 Å². The number of carbonyl (C=O) groups is 1. The number of amides is 1. The second-order valence-electron chi connectivity index (χ2n) is 6.09. The Morgan fingerprint density at radius 2 is 1.95 bits per heavy atom. The zero-order valence-electron chi connectivity index (χ0n) is 12.5. The molecule has 0 N–H and O–H groups in total. The minimum atomic E-state index is 0.215. The van der Waals surface area contributed by atoms with Gasteiger partial charge in [-0.2, -0.15) is 0 Å². The summed E-state index contributed by atoms with van der Waals surface area (Å²) in [5.74, 6) is 0.215. The Morgan fingerprint density at radius 3 is 2.73 bits per heavy atom. The molecule has 0 spiro atoms. The van der Waals surface area contributed by atoms with Crippen LogP contribution < -0.4 is 0 Å². The number of piperidine rings is 1. The fourth-order valence-electron chi connectivity index (χ4n) is 3.57. The Morgan fingerprint density at radius 1 is 1.09 bits per heavy atom. The van der Waals surface area contributed by atoms with Crippen molar-refractivity contribution in [3.8, 4) is 0 Å². The van der Waals surface area contributed by atoms with Gasteiger partial charge in [-0.3, -0.25) is 9.69 Å². The highest BCUT2D eigenvalue weighted by atomic mass is 32.1. The molecule has 0 unspecified atom stereocenters. The van der Waals surface area contributed by atoms with Gasteiger partial charge in [0, 0.05) is 37.1 Å². The number of likely N-dealkylation sites (tertiary alicyclic amines) is 1. The molecule has 0 bridgehead atoms. The molecule has 0 saturated carbocycles. The van der Waals surface area contributed by atoms with Gasteiger partial charge in [0.05, 0.1) is 4.88 Å². The first-order valence-corrected chi connectivity index (χ1v) is 9.69. The van der Waals surface area contributed by atoms with Crippen LogP contribution in [0.15, 0.2) is 29.0 Å². The van der Waals surface area contributed by atoms with Crippen molar-refractivity contribution in [3.05, 3.63) is 44.3 Å². The molecule has 4 heterocycles. The van der Waals surface area contributed by atoms with E-state index in [1.54, 1.807) is 16.2 Å². The van der Waals surface area contributed by atoms with Crippen molar-refractivity contribution in [2.45, 2.75) is 31.8 Å². The summed E-state index contributed by atoms with van der Waals surface area (Å²) in [5, 5.41) is 4.20. The summed E-state index contributed by atoms with van der Waals surface area (Å²) < 4.78 is 0. The van der Waals surface area contributed by atoms with Crippen molar-refractivity contribution in [2.75, 3.05) is 19.6 Å². The summed E-state index contributed by atoms with van der Waals surface area (Å²) in [7, 11) is 0. The van der Waals surface area contributed by atoms with Gasteiger partial charge in [-0.25, -0.2) is 0 Å². The molecule has 2 aromatic heterocycles. The number of nitrogens with zero attached hydrogens (tertiary/aromatic N) is 2. The van der Waals surface area contributed by atoms with Crippen molar-refractivity contribution in [1.29, 1.82) is 0 Å². The number of thiophene rings is 2. The first-order valence-electron chi connectivity index (χ1n) is 7.93. The Bertz CT molecular complexity index is 641. The highest BCUT2D eigenvalue weighted by Gasteiger charge is 2.29. The molecule has 2 aliphatic rings. The topological polar surface area (TPSA) is 23.6 Å². The summed E-state index contributed by atoms with van der Waals surface area (Å²) in [4.78, 5) is 19.5. The molecule has 0 aromatic carbocycles. The van der Waals surface area contributed by atoms with Crippen molar-refractivity contribution >= 4 is 28.6 Å². The van der Waals surface area contributed by atoms with E-state index in [2.05, 4.69) is 16.3 Å². The molecule has 0 aliphatic carbocycles. The molecule has 0 radical (unpaired) electrons. The van der Waals surface area contributed by atoms with Crippen LogP contribution in [0.1, 0.15) is 33.0 Å². The average molecular weight is 332 g/mol. The largest absolute Gasteiger partial charge is 0.338 e. The lowest BCUT2D eigenvalue weighted by molar-refractivity contribution is 0.0605. The van der Waals surface area contributed by atoms with Gasteiger partial charge in [0.15, 0.2) is 0 Å². The van der Waals surface area contributed by atoms with E-state index in [0.717, 1.165) is 37.4 Å². The Labute approximate surface area is 139 Å². The fourth-order valence-corrected chi connectivity index (χ4v) is 5.15. The van der Waals surface area contributed by atoms with Crippen molar-refractivity contribution < 1.29 is 4.79 Å². The molecule has 1 fully saturated rings. The number of carbonyl (C=O) groups excluding carboxylic acids is 1. The van der Waals surface area contributed by atoms with E-state index in [1.165, 1.54) is 18.5 Å². The highest BCUT2D eigenvalue weighted by molar-refractivity contribution is 7.12. The molecule has 22 heavy (non-hydrogen) atoms. The van der Waals surface area contributed by atoms with Gasteiger partial charge in [0.1, 0.15) is 0 Å². The van der Waals surface area contributed by atoms with Crippen LogP contribution in [0.25, 0.3) is 0 Å². The van der Waals surface area contributed by atoms with E-state index in [4.69, 9.17) is 0 Å². The van der Waals surface area contributed by atoms with E-state index in [0.29, 0.717) is 6.04 Å². The fraction of sp³-hybridized carbons (Fsp3) is 0.471. The number of hydrogen-bond donors (Lipinski definition) is 0. The second kappa shape index (κ2) is 6.14. The van der Waals surface area contributed by atoms with Gasteiger partial charge in [-0.1, -0.05) is 6.07 Å². The Hall–Kier alpha value is -1.17. The molecule has 2 aliphatic heterocycles. The number of hydrogen-bond acceptors (Lipinski definition) is 4. The number of fused-ring (bicyclic) bond motifs is 1. The van der Waals surface area contributed by atoms with E-state index in [1.807, 2.05) is 33.7 Å². The highest BCUT2D eigenvalue weighted by Crippen LogP contribution is 2.28. The number of rotatable bonds is 2. The van der Waals surface area contributed by atoms with E-state index < -0.39 is 0 Å². The van der Waals surface area contributed by atoms with E-state index >= 15 is 0 Å². The molecule has 1 amide bonds. The Balaban J connectivity index is 1.35. The third-order valence-corrected chi connectivity index (χ3v) is 6.72. The Kier molecular flexibility index (Phi) is 4.03. The lowest BCUT2D eigenvalue weighted by Gasteiger charge is -2.40. The summed E-state index contributed by atoms with van der Waals surface area (Å²) in [5.41, 5.74) is 1.52. The quantitative estimate of drug-likeness (QED) is 0.841. The van der Waals surface area contributed by atoms with Gasteiger partial charge in [-0.15, -0.1) is 22.7 Å². The van der Waals surface area contributed by atoms with Crippen LogP contribution in [0.2, 0.25) is 0 Å². The van der Waals surface area contributed by atoms with Crippen LogP contribution in [0, 0.1) is 0 Å².